The zero-order chi connectivity index (χ0) is 12.6. The van der Waals surface area contributed by atoms with Crippen LogP contribution < -0.4 is 11.5 Å². The van der Waals surface area contributed by atoms with Crippen LogP contribution in [0.5, 0.6) is 0 Å². The van der Waals surface area contributed by atoms with Gasteiger partial charge in [-0.15, -0.1) is 0 Å². The summed E-state index contributed by atoms with van der Waals surface area (Å²) in [5.41, 5.74) is 10.7. The molecule has 4 N–H and O–H groups in total. The second-order valence-corrected chi connectivity index (χ2v) is 5.82. The van der Waals surface area contributed by atoms with Crippen LogP contribution in [-0.2, 0) is 4.79 Å². The van der Waals surface area contributed by atoms with Crippen LogP contribution in [-0.4, -0.2) is 60.5 Å². The van der Waals surface area contributed by atoms with Crippen LogP contribution in [0.15, 0.2) is 0 Å². The topological polar surface area (TPSA) is 75.6 Å². The van der Waals surface area contributed by atoms with E-state index in [0.29, 0.717) is 12.1 Å². The SMILES string of the molecule is CN(C)C1CCN(C2CCC(N)(C(N)=O)C2)C1. The molecule has 2 rings (SSSR count). The summed E-state index contributed by atoms with van der Waals surface area (Å²) in [6.45, 7) is 2.20. The fourth-order valence-corrected chi connectivity index (χ4v) is 3.11. The Labute approximate surface area is 103 Å². The number of nitrogens with zero attached hydrogens (tertiary/aromatic N) is 2. The first-order valence-electron chi connectivity index (χ1n) is 6.41. The van der Waals surface area contributed by atoms with Crippen molar-refractivity contribution < 1.29 is 4.79 Å². The van der Waals surface area contributed by atoms with Gasteiger partial charge in [-0.1, -0.05) is 0 Å². The van der Waals surface area contributed by atoms with Gasteiger partial charge in [-0.3, -0.25) is 9.69 Å². The Morgan fingerprint density at radius 1 is 1.41 bits per heavy atom. The molecule has 1 saturated carbocycles. The maximum absolute atomic E-state index is 11.3. The van der Waals surface area contributed by atoms with Crippen LogP contribution in [0.25, 0.3) is 0 Å². The number of hydrogen-bond donors (Lipinski definition) is 2. The first kappa shape index (κ1) is 12.8. The zero-order valence-electron chi connectivity index (χ0n) is 10.9. The first-order valence-corrected chi connectivity index (χ1v) is 6.41. The van der Waals surface area contributed by atoms with Crippen molar-refractivity contribution in [3.63, 3.8) is 0 Å². The molecule has 5 nitrogen and oxygen atoms in total. The minimum absolute atomic E-state index is 0.344. The molecule has 1 saturated heterocycles. The van der Waals surface area contributed by atoms with Crippen molar-refractivity contribution in [2.24, 2.45) is 11.5 Å². The number of primary amides is 1. The smallest absolute Gasteiger partial charge is 0.237 e. The van der Waals surface area contributed by atoms with Crippen molar-refractivity contribution >= 4 is 5.91 Å². The third-order valence-electron chi connectivity index (χ3n) is 4.46. The van der Waals surface area contributed by atoms with E-state index in [9.17, 15) is 4.79 Å². The molecule has 2 fully saturated rings. The van der Waals surface area contributed by atoms with E-state index in [0.717, 1.165) is 32.4 Å². The molecular weight excluding hydrogens is 216 g/mol. The van der Waals surface area contributed by atoms with Crippen LogP contribution in [0.2, 0.25) is 0 Å². The maximum Gasteiger partial charge on any atom is 0.237 e. The number of hydrogen-bond acceptors (Lipinski definition) is 4. The Kier molecular flexibility index (Phi) is 3.43. The van der Waals surface area contributed by atoms with Crippen molar-refractivity contribution in [1.29, 1.82) is 0 Å². The van der Waals surface area contributed by atoms with E-state index >= 15 is 0 Å². The fourth-order valence-electron chi connectivity index (χ4n) is 3.11. The first-order chi connectivity index (χ1) is 7.92. The molecule has 1 amide bonds. The number of amides is 1. The largest absolute Gasteiger partial charge is 0.368 e. The molecule has 0 radical (unpaired) electrons. The van der Waals surface area contributed by atoms with E-state index in [-0.39, 0.29) is 5.91 Å². The van der Waals surface area contributed by atoms with Crippen molar-refractivity contribution in [3.05, 3.63) is 0 Å². The molecule has 0 aromatic rings. The van der Waals surface area contributed by atoms with Gasteiger partial charge >= 0.3 is 0 Å². The number of carbonyl (C=O) groups excluding carboxylic acids is 1. The molecular formula is C12H24N4O. The average molecular weight is 240 g/mol. The third-order valence-corrected chi connectivity index (χ3v) is 4.46. The summed E-state index contributed by atoms with van der Waals surface area (Å²) in [4.78, 5) is 16.1. The Bertz CT molecular complexity index is 307. The monoisotopic (exact) mass is 240 g/mol. The molecule has 98 valence electrons. The van der Waals surface area contributed by atoms with E-state index in [4.69, 9.17) is 11.5 Å². The van der Waals surface area contributed by atoms with Crippen LogP contribution in [0.3, 0.4) is 0 Å². The number of rotatable bonds is 3. The summed E-state index contributed by atoms with van der Waals surface area (Å²) in [5.74, 6) is -0.344. The molecule has 1 heterocycles. The van der Waals surface area contributed by atoms with E-state index in [1.807, 2.05) is 0 Å². The van der Waals surface area contributed by atoms with E-state index in [2.05, 4.69) is 23.9 Å². The van der Waals surface area contributed by atoms with Crippen molar-refractivity contribution in [2.45, 2.75) is 43.3 Å². The average Bonchev–Trinajstić information content (AvgIpc) is 2.84. The molecule has 1 aliphatic heterocycles. The third kappa shape index (κ3) is 2.46. The van der Waals surface area contributed by atoms with Crippen molar-refractivity contribution in [3.8, 4) is 0 Å². The van der Waals surface area contributed by atoms with Gasteiger partial charge in [-0.05, 0) is 39.8 Å². The number of likely N-dealkylation sites (N-methyl/N-ethyl adjacent to an activating group) is 1. The van der Waals surface area contributed by atoms with Crippen molar-refractivity contribution in [2.75, 3.05) is 27.2 Å². The Morgan fingerprint density at radius 3 is 2.59 bits per heavy atom. The molecule has 5 heteroatoms. The molecule has 3 atom stereocenters. The second-order valence-electron chi connectivity index (χ2n) is 5.82. The number of carbonyl (C=O) groups is 1. The van der Waals surface area contributed by atoms with Gasteiger partial charge in [0.25, 0.3) is 0 Å². The van der Waals surface area contributed by atoms with Crippen LogP contribution in [0, 0.1) is 0 Å². The molecule has 0 bridgehead atoms. The minimum Gasteiger partial charge on any atom is -0.368 e. The van der Waals surface area contributed by atoms with Gasteiger partial charge < -0.3 is 16.4 Å². The second kappa shape index (κ2) is 4.55. The van der Waals surface area contributed by atoms with E-state index in [1.165, 1.54) is 6.42 Å². The van der Waals surface area contributed by atoms with Gasteiger partial charge in [0.05, 0.1) is 5.54 Å². The molecule has 0 aromatic heterocycles. The maximum atomic E-state index is 11.3. The van der Waals surface area contributed by atoms with Gasteiger partial charge in [-0.2, -0.15) is 0 Å². The lowest BCUT2D eigenvalue weighted by atomic mass is 9.98. The Hall–Kier alpha value is -0.650. The highest BCUT2D eigenvalue weighted by Crippen LogP contribution is 2.33. The summed E-state index contributed by atoms with van der Waals surface area (Å²) < 4.78 is 0. The van der Waals surface area contributed by atoms with Crippen molar-refractivity contribution in [1.82, 2.24) is 9.80 Å². The highest BCUT2D eigenvalue weighted by Gasteiger charge is 2.43. The Balaban J connectivity index is 1.92. The normalized spacial score (nSPS) is 39.1. The summed E-state index contributed by atoms with van der Waals surface area (Å²) in [7, 11) is 4.25. The molecule has 17 heavy (non-hydrogen) atoms. The summed E-state index contributed by atoms with van der Waals surface area (Å²) in [6, 6.07) is 1.08. The van der Waals surface area contributed by atoms with Gasteiger partial charge in [0.15, 0.2) is 0 Å². The molecule has 3 unspecified atom stereocenters. The molecule has 2 aliphatic rings. The van der Waals surface area contributed by atoms with E-state index in [1.54, 1.807) is 0 Å². The quantitative estimate of drug-likeness (QED) is 0.688. The van der Waals surface area contributed by atoms with Crippen LogP contribution in [0.1, 0.15) is 25.7 Å². The van der Waals surface area contributed by atoms with Crippen LogP contribution in [0.4, 0.5) is 0 Å². The van der Waals surface area contributed by atoms with Crippen LogP contribution >= 0.6 is 0 Å². The predicted octanol–water partition coefficient (Wildman–Crippen LogP) is -0.642. The molecule has 0 aromatic carbocycles. The van der Waals surface area contributed by atoms with Gasteiger partial charge in [0.2, 0.25) is 5.91 Å². The van der Waals surface area contributed by atoms with Gasteiger partial charge in [-0.25, -0.2) is 0 Å². The highest BCUT2D eigenvalue weighted by molar-refractivity contribution is 5.84. The lowest BCUT2D eigenvalue weighted by Crippen LogP contribution is -2.51. The lowest BCUT2D eigenvalue weighted by molar-refractivity contribution is -0.123. The molecule has 0 spiro atoms. The van der Waals surface area contributed by atoms with Gasteiger partial charge in [0.1, 0.15) is 0 Å². The van der Waals surface area contributed by atoms with E-state index < -0.39 is 5.54 Å². The fraction of sp³-hybridized carbons (Fsp3) is 0.917. The Morgan fingerprint density at radius 2 is 2.12 bits per heavy atom. The molecule has 1 aliphatic carbocycles. The standard InChI is InChI=1S/C12H24N4O/c1-15(2)10-4-6-16(8-10)9-3-5-12(14,7-9)11(13)17/h9-10H,3-8,14H2,1-2H3,(H2,13,17). The lowest BCUT2D eigenvalue weighted by Gasteiger charge is -2.27. The van der Waals surface area contributed by atoms with Gasteiger partial charge in [0, 0.05) is 25.2 Å². The number of nitrogens with two attached hydrogens (primary N) is 2. The predicted molar refractivity (Wildman–Crippen MR) is 67.4 cm³/mol. The minimum atomic E-state index is -0.763. The number of likely N-dealkylation sites (tertiary alicyclic amines) is 1. The zero-order valence-corrected chi connectivity index (χ0v) is 10.9. The summed E-state index contributed by atoms with van der Waals surface area (Å²) >= 11 is 0. The highest BCUT2D eigenvalue weighted by atomic mass is 16.1. The summed E-state index contributed by atoms with van der Waals surface area (Å²) in [5, 5.41) is 0. The summed E-state index contributed by atoms with van der Waals surface area (Å²) in [6.07, 6.45) is 3.66.